The molecule has 0 aliphatic rings. The summed E-state index contributed by atoms with van der Waals surface area (Å²) in [5, 5.41) is 1.08. The van der Waals surface area contributed by atoms with Crippen LogP contribution < -0.4 is 5.73 Å². The highest BCUT2D eigenvalue weighted by molar-refractivity contribution is 9.10. The quantitative estimate of drug-likeness (QED) is 0.476. The van der Waals surface area contributed by atoms with Crippen LogP contribution in [0.15, 0.2) is 45.3 Å². The van der Waals surface area contributed by atoms with Crippen LogP contribution in [0.2, 0.25) is 0 Å². The second-order valence-electron chi connectivity index (χ2n) is 8.72. The Labute approximate surface area is 158 Å². The van der Waals surface area contributed by atoms with Gasteiger partial charge in [-0.3, -0.25) is 0 Å². The second kappa shape index (κ2) is 5.91. The van der Waals surface area contributed by atoms with Gasteiger partial charge in [0, 0.05) is 21.0 Å². The highest BCUT2D eigenvalue weighted by atomic mass is 79.9. The first kappa shape index (κ1) is 18.1. The number of nitrogen functional groups attached to an aromatic ring is 1. The van der Waals surface area contributed by atoms with E-state index in [1.54, 1.807) is 0 Å². The van der Waals surface area contributed by atoms with Crippen LogP contribution in [-0.4, -0.2) is 0 Å². The van der Waals surface area contributed by atoms with Gasteiger partial charge in [0.25, 0.3) is 0 Å². The van der Waals surface area contributed by atoms with E-state index in [1.807, 2.05) is 18.2 Å². The first-order chi connectivity index (χ1) is 11.5. The van der Waals surface area contributed by atoms with Gasteiger partial charge < -0.3 is 10.2 Å². The van der Waals surface area contributed by atoms with E-state index >= 15 is 0 Å². The van der Waals surface area contributed by atoms with Crippen LogP contribution in [0, 0.1) is 0 Å². The Balaban J connectivity index is 2.45. The summed E-state index contributed by atoms with van der Waals surface area (Å²) in [6.45, 7) is 13.4. The monoisotopic (exact) mass is 399 g/mol. The molecular weight excluding hydrogens is 374 g/mol. The summed E-state index contributed by atoms with van der Waals surface area (Å²) in [6.07, 6.45) is 0. The Kier molecular flexibility index (Phi) is 4.27. The summed E-state index contributed by atoms with van der Waals surface area (Å²) in [4.78, 5) is 0. The van der Waals surface area contributed by atoms with Crippen molar-refractivity contribution in [1.29, 1.82) is 0 Å². The summed E-state index contributed by atoms with van der Waals surface area (Å²) < 4.78 is 7.11. The predicted molar refractivity (Wildman–Crippen MR) is 111 cm³/mol. The second-order valence-corrected chi connectivity index (χ2v) is 9.58. The normalized spacial score (nSPS) is 12.8. The van der Waals surface area contributed by atoms with Crippen LogP contribution in [0.1, 0.15) is 52.7 Å². The Bertz CT molecular complexity index is 939. The Morgan fingerprint density at radius 2 is 1.56 bits per heavy atom. The number of furan rings is 1. The maximum Gasteiger partial charge on any atom is 0.199 e. The molecule has 2 nitrogen and oxygen atoms in total. The van der Waals surface area contributed by atoms with Gasteiger partial charge in [0.05, 0.1) is 5.56 Å². The van der Waals surface area contributed by atoms with E-state index in [0.717, 1.165) is 26.6 Å². The lowest BCUT2D eigenvalue weighted by molar-refractivity contribution is 0.555. The van der Waals surface area contributed by atoms with Crippen LogP contribution in [0.3, 0.4) is 0 Å². The van der Waals surface area contributed by atoms with Crippen molar-refractivity contribution in [2.45, 2.75) is 52.4 Å². The van der Waals surface area contributed by atoms with Gasteiger partial charge in [-0.05, 0) is 28.5 Å². The fraction of sp³-hybridized carbons (Fsp3) is 0.364. The molecule has 0 saturated carbocycles. The third-order valence-corrected chi connectivity index (χ3v) is 5.33. The molecule has 0 aliphatic carbocycles. The molecule has 3 rings (SSSR count). The molecule has 3 aromatic rings. The van der Waals surface area contributed by atoms with Gasteiger partial charge in [-0.2, -0.15) is 0 Å². The molecule has 0 aliphatic heterocycles. The number of halogens is 1. The lowest BCUT2D eigenvalue weighted by Crippen LogP contribution is -2.16. The lowest BCUT2D eigenvalue weighted by Gasteiger charge is -2.25. The molecule has 3 heteroatoms. The summed E-state index contributed by atoms with van der Waals surface area (Å²) in [6, 6.07) is 12.6. The van der Waals surface area contributed by atoms with Crippen LogP contribution >= 0.6 is 15.9 Å². The molecule has 0 amide bonds. The van der Waals surface area contributed by atoms with E-state index in [0.29, 0.717) is 5.88 Å². The van der Waals surface area contributed by atoms with E-state index in [9.17, 15) is 0 Å². The molecule has 25 heavy (non-hydrogen) atoms. The minimum atomic E-state index is -0.0327. The van der Waals surface area contributed by atoms with E-state index < -0.39 is 0 Å². The third-order valence-electron chi connectivity index (χ3n) is 4.63. The van der Waals surface area contributed by atoms with E-state index in [2.05, 4.69) is 75.7 Å². The first-order valence-corrected chi connectivity index (χ1v) is 9.41. The number of fused-ring (bicyclic) bond motifs is 1. The Hall–Kier alpha value is -1.74. The van der Waals surface area contributed by atoms with E-state index in [-0.39, 0.29) is 10.8 Å². The maximum atomic E-state index is 6.34. The number of benzene rings is 2. The zero-order valence-electron chi connectivity index (χ0n) is 15.8. The molecule has 1 aromatic heterocycles. The summed E-state index contributed by atoms with van der Waals surface area (Å²) in [5.41, 5.74) is 11.8. The minimum absolute atomic E-state index is 0.0327. The molecule has 1 heterocycles. The van der Waals surface area contributed by atoms with Gasteiger partial charge in [-0.15, -0.1) is 0 Å². The van der Waals surface area contributed by atoms with Crippen molar-refractivity contribution in [3.05, 3.63) is 52.0 Å². The molecule has 0 atom stereocenters. The number of rotatable bonds is 1. The molecule has 2 aromatic carbocycles. The van der Waals surface area contributed by atoms with Gasteiger partial charge in [0.2, 0.25) is 0 Å². The van der Waals surface area contributed by atoms with Gasteiger partial charge in [-0.1, -0.05) is 81.7 Å². The molecule has 0 fully saturated rings. The van der Waals surface area contributed by atoms with E-state index in [4.69, 9.17) is 10.2 Å². The van der Waals surface area contributed by atoms with Gasteiger partial charge in [0.15, 0.2) is 5.88 Å². The molecule has 0 unspecified atom stereocenters. The highest BCUT2D eigenvalue weighted by Gasteiger charge is 2.27. The predicted octanol–water partition coefficient (Wildman–Crippen LogP) is 7.04. The standard InChI is InChI=1S/C22H26BrNO/c1-21(2,3)13-11-15-18(14-9-7-8-10-17(14)23)20(24)25-19(15)16(12-13)22(4,5)6/h7-12H,24H2,1-6H3. The largest absolute Gasteiger partial charge is 0.440 e. The molecular formula is C22H26BrNO. The number of hydrogen-bond donors (Lipinski definition) is 1. The average Bonchev–Trinajstić information content (AvgIpc) is 2.80. The van der Waals surface area contributed by atoms with Crippen molar-refractivity contribution in [2.24, 2.45) is 0 Å². The summed E-state index contributed by atoms with van der Waals surface area (Å²) in [7, 11) is 0. The zero-order chi connectivity index (χ0) is 18.6. The molecule has 132 valence electrons. The van der Waals surface area contributed by atoms with Crippen molar-refractivity contribution < 1.29 is 4.42 Å². The number of hydrogen-bond acceptors (Lipinski definition) is 2. The third kappa shape index (κ3) is 3.22. The topological polar surface area (TPSA) is 39.2 Å². The maximum absolute atomic E-state index is 6.34. The Morgan fingerprint density at radius 3 is 2.12 bits per heavy atom. The van der Waals surface area contributed by atoms with Crippen LogP contribution in [0.25, 0.3) is 22.1 Å². The van der Waals surface area contributed by atoms with Crippen LogP contribution in [0.4, 0.5) is 5.88 Å². The number of anilines is 1. The fourth-order valence-electron chi connectivity index (χ4n) is 3.15. The average molecular weight is 400 g/mol. The van der Waals surface area contributed by atoms with E-state index in [1.165, 1.54) is 11.1 Å². The summed E-state index contributed by atoms with van der Waals surface area (Å²) >= 11 is 3.66. The van der Waals surface area contributed by atoms with Crippen molar-refractivity contribution in [3.8, 4) is 11.1 Å². The lowest BCUT2D eigenvalue weighted by atomic mass is 9.79. The smallest absolute Gasteiger partial charge is 0.199 e. The minimum Gasteiger partial charge on any atom is -0.440 e. The summed E-state index contributed by atoms with van der Waals surface area (Å²) in [5.74, 6) is 0.471. The van der Waals surface area contributed by atoms with Crippen molar-refractivity contribution in [2.75, 3.05) is 5.73 Å². The fourth-order valence-corrected chi connectivity index (χ4v) is 3.63. The molecule has 0 radical (unpaired) electrons. The molecule has 0 saturated heterocycles. The van der Waals surface area contributed by atoms with Gasteiger partial charge in [0.1, 0.15) is 5.58 Å². The van der Waals surface area contributed by atoms with Gasteiger partial charge >= 0.3 is 0 Å². The molecule has 0 spiro atoms. The first-order valence-electron chi connectivity index (χ1n) is 8.62. The van der Waals surface area contributed by atoms with Crippen molar-refractivity contribution in [1.82, 2.24) is 0 Å². The highest BCUT2D eigenvalue weighted by Crippen LogP contribution is 2.45. The van der Waals surface area contributed by atoms with Crippen molar-refractivity contribution in [3.63, 3.8) is 0 Å². The molecule has 0 bridgehead atoms. The van der Waals surface area contributed by atoms with Crippen molar-refractivity contribution >= 4 is 32.8 Å². The van der Waals surface area contributed by atoms with Gasteiger partial charge in [-0.25, -0.2) is 0 Å². The molecule has 2 N–H and O–H groups in total. The Morgan fingerprint density at radius 1 is 0.920 bits per heavy atom. The van der Waals surface area contributed by atoms with Crippen LogP contribution in [-0.2, 0) is 10.8 Å². The number of nitrogens with two attached hydrogens (primary N) is 1. The zero-order valence-corrected chi connectivity index (χ0v) is 17.4. The SMILES string of the molecule is CC(C)(C)c1cc(C(C)(C)C)c2oc(N)c(-c3ccccc3Br)c2c1. The van der Waals surface area contributed by atoms with Crippen LogP contribution in [0.5, 0.6) is 0 Å².